The van der Waals surface area contributed by atoms with Gasteiger partial charge in [0.2, 0.25) is 0 Å². The predicted octanol–water partition coefficient (Wildman–Crippen LogP) is 2.73. The standard InChI is InChI=1S/C18H19F2N3O3/c1-2-15(24)17-11-23(5-6-25-17)10-12-8-21-18(22-9-12)26-16-4-3-13(19)7-14(16)20/h3-4,7-9,17H,2,5-6,10-11H2,1H3/t17-/m0/s1. The molecule has 0 saturated carbocycles. The average molecular weight is 363 g/mol. The Hall–Kier alpha value is -2.45. The van der Waals surface area contributed by atoms with Crippen LogP contribution in [0.25, 0.3) is 0 Å². The zero-order valence-corrected chi connectivity index (χ0v) is 14.3. The third-order valence-corrected chi connectivity index (χ3v) is 4.04. The molecule has 0 unspecified atom stereocenters. The molecule has 6 nitrogen and oxygen atoms in total. The maximum Gasteiger partial charge on any atom is 0.321 e. The van der Waals surface area contributed by atoms with Gasteiger partial charge >= 0.3 is 6.01 Å². The molecule has 0 radical (unpaired) electrons. The lowest BCUT2D eigenvalue weighted by Crippen LogP contribution is -2.45. The highest BCUT2D eigenvalue weighted by Crippen LogP contribution is 2.22. The molecule has 0 N–H and O–H groups in total. The lowest BCUT2D eigenvalue weighted by atomic mass is 10.1. The zero-order valence-electron chi connectivity index (χ0n) is 14.3. The van der Waals surface area contributed by atoms with Gasteiger partial charge in [-0.3, -0.25) is 9.69 Å². The number of ether oxygens (including phenoxy) is 2. The lowest BCUT2D eigenvalue weighted by molar-refractivity contribution is -0.136. The minimum Gasteiger partial charge on any atom is -0.421 e. The summed E-state index contributed by atoms with van der Waals surface area (Å²) in [7, 11) is 0. The van der Waals surface area contributed by atoms with Crippen molar-refractivity contribution in [2.24, 2.45) is 0 Å². The van der Waals surface area contributed by atoms with E-state index in [0.717, 1.165) is 17.7 Å². The largest absolute Gasteiger partial charge is 0.421 e. The van der Waals surface area contributed by atoms with Crippen molar-refractivity contribution in [3.63, 3.8) is 0 Å². The van der Waals surface area contributed by atoms with Crippen LogP contribution in [0.4, 0.5) is 8.78 Å². The molecule has 2 aromatic rings. The highest BCUT2D eigenvalue weighted by molar-refractivity contribution is 5.83. The van der Waals surface area contributed by atoms with E-state index in [2.05, 4.69) is 14.9 Å². The predicted molar refractivity (Wildman–Crippen MR) is 88.8 cm³/mol. The van der Waals surface area contributed by atoms with Gasteiger partial charge in [-0.1, -0.05) is 6.92 Å². The molecule has 1 atom stereocenters. The zero-order chi connectivity index (χ0) is 18.5. The molecule has 2 heterocycles. The molecule has 8 heteroatoms. The quantitative estimate of drug-likeness (QED) is 0.786. The summed E-state index contributed by atoms with van der Waals surface area (Å²) < 4.78 is 37.2. The first-order valence-electron chi connectivity index (χ1n) is 8.35. The van der Waals surface area contributed by atoms with Crippen LogP contribution in [0, 0.1) is 11.6 Å². The van der Waals surface area contributed by atoms with Gasteiger partial charge in [0.05, 0.1) is 6.61 Å². The fourth-order valence-electron chi connectivity index (χ4n) is 2.66. The molecule has 1 aliphatic rings. The van der Waals surface area contributed by atoms with Crippen LogP contribution >= 0.6 is 0 Å². The van der Waals surface area contributed by atoms with Gasteiger partial charge in [-0.2, -0.15) is 0 Å². The van der Waals surface area contributed by atoms with E-state index in [1.807, 2.05) is 6.92 Å². The van der Waals surface area contributed by atoms with E-state index in [4.69, 9.17) is 9.47 Å². The number of benzene rings is 1. The summed E-state index contributed by atoms with van der Waals surface area (Å²) in [6.45, 7) is 4.14. The second kappa shape index (κ2) is 8.29. The molecular weight excluding hydrogens is 344 g/mol. The number of halogens is 2. The number of carbonyl (C=O) groups is 1. The van der Waals surface area contributed by atoms with Gasteiger partial charge in [-0.15, -0.1) is 0 Å². The number of aromatic nitrogens is 2. The van der Waals surface area contributed by atoms with Crippen LogP contribution in [0.15, 0.2) is 30.6 Å². The van der Waals surface area contributed by atoms with Crippen LogP contribution in [-0.2, 0) is 16.1 Å². The fraction of sp³-hybridized carbons (Fsp3) is 0.389. The third kappa shape index (κ3) is 4.59. The van der Waals surface area contributed by atoms with Crippen molar-refractivity contribution in [1.82, 2.24) is 14.9 Å². The molecule has 1 aliphatic heterocycles. The van der Waals surface area contributed by atoms with E-state index < -0.39 is 17.7 Å². The molecule has 1 fully saturated rings. The van der Waals surface area contributed by atoms with Crippen LogP contribution < -0.4 is 4.74 Å². The van der Waals surface area contributed by atoms with Crippen molar-refractivity contribution in [2.45, 2.75) is 26.0 Å². The van der Waals surface area contributed by atoms with Gasteiger partial charge in [-0.25, -0.2) is 18.7 Å². The first kappa shape index (κ1) is 18.3. The highest BCUT2D eigenvalue weighted by Gasteiger charge is 2.25. The smallest absolute Gasteiger partial charge is 0.321 e. The SMILES string of the molecule is CCC(=O)[C@@H]1CN(Cc2cnc(Oc3ccc(F)cc3F)nc2)CCO1. The number of nitrogens with zero attached hydrogens (tertiary/aromatic N) is 3. The Kier molecular flexibility index (Phi) is 5.85. The van der Waals surface area contributed by atoms with Crippen molar-refractivity contribution in [3.8, 4) is 11.8 Å². The normalized spacial score (nSPS) is 17.9. The maximum absolute atomic E-state index is 13.6. The number of hydrogen-bond donors (Lipinski definition) is 0. The number of carbonyl (C=O) groups excluding carboxylic acids is 1. The summed E-state index contributed by atoms with van der Waals surface area (Å²) in [5.41, 5.74) is 0.835. The summed E-state index contributed by atoms with van der Waals surface area (Å²) in [6.07, 6.45) is 3.22. The van der Waals surface area contributed by atoms with Gasteiger partial charge in [0, 0.05) is 50.1 Å². The van der Waals surface area contributed by atoms with Crippen LogP contribution in [-0.4, -0.2) is 46.5 Å². The minimum atomic E-state index is -0.822. The summed E-state index contributed by atoms with van der Waals surface area (Å²) in [4.78, 5) is 22.0. The molecule has 0 amide bonds. The molecule has 1 aromatic heterocycles. The molecule has 26 heavy (non-hydrogen) atoms. The Morgan fingerprint density at radius 3 is 2.81 bits per heavy atom. The van der Waals surface area contributed by atoms with Crippen molar-refractivity contribution >= 4 is 5.78 Å². The molecule has 3 rings (SSSR count). The summed E-state index contributed by atoms with van der Waals surface area (Å²) in [5.74, 6) is -1.56. The fourth-order valence-corrected chi connectivity index (χ4v) is 2.66. The van der Waals surface area contributed by atoms with E-state index >= 15 is 0 Å². The molecule has 0 aliphatic carbocycles. The Morgan fingerprint density at radius 2 is 2.12 bits per heavy atom. The highest BCUT2D eigenvalue weighted by atomic mass is 19.1. The van der Waals surface area contributed by atoms with Crippen LogP contribution in [0.3, 0.4) is 0 Å². The molecule has 138 valence electrons. The Balaban J connectivity index is 1.60. The van der Waals surface area contributed by atoms with Gasteiger partial charge in [0.25, 0.3) is 0 Å². The number of morpholine rings is 1. The number of hydrogen-bond acceptors (Lipinski definition) is 6. The molecule has 1 aromatic carbocycles. The summed E-state index contributed by atoms with van der Waals surface area (Å²) in [5, 5.41) is 0. The number of rotatable bonds is 6. The van der Waals surface area contributed by atoms with Gasteiger partial charge in [0.15, 0.2) is 17.3 Å². The second-order valence-corrected chi connectivity index (χ2v) is 5.97. The second-order valence-electron chi connectivity index (χ2n) is 5.97. The third-order valence-electron chi connectivity index (χ3n) is 4.04. The van der Waals surface area contributed by atoms with Crippen molar-refractivity contribution in [3.05, 3.63) is 47.8 Å². The Bertz CT molecular complexity index is 771. The first-order chi connectivity index (χ1) is 12.5. The van der Waals surface area contributed by atoms with Gasteiger partial charge in [-0.05, 0) is 12.1 Å². The minimum absolute atomic E-state index is 0.0275. The van der Waals surface area contributed by atoms with Crippen molar-refractivity contribution in [2.75, 3.05) is 19.7 Å². The molecule has 0 bridgehead atoms. The topological polar surface area (TPSA) is 64.6 Å². The van der Waals surface area contributed by atoms with Crippen molar-refractivity contribution < 1.29 is 23.0 Å². The van der Waals surface area contributed by atoms with Crippen LogP contribution in [0.1, 0.15) is 18.9 Å². The van der Waals surface area contributed by atoms with E-state index in [1.165, 1.54) is 6.07 Å². The maximum atomic E-state index is 13.6. The van der Waals surface area contributed by atoms with Gasteiger partial charge < -0.3 is 9.47 Å². The van der Waals surface area contributed by atoms with Gasteiger partial charge in [0.1, 0.15) is 11.9 Å². The summed E-state index contributed by atoms with van der Waals surface area (Å²) >= 11 is 0. The number of ketones is 1. The molecule has 0 spiro atoms. The Labute approximate surface area is 149 Å². The van der Waals surface area contributed by atoms with E-state index in [0.29, 0.717) is 32.7 Å². The van der Waals surface area contributed by atoms with Crippen LogP contribution in [0.2, 0.25) is 0 Å². The molecule has 1 saturated heterocycles. The number of Topliss-reactive ketones (excluding diaryl/α,β-unsaturated/α-hetero) is 1. The van der Waals surface area contributed by atoms with E-state index in [-0.39, 0.29) is 17.5 Å². The van der Waals surface area contributed by atoms with Crippen LogP contribution in [0.5, 0.6) is 11.8 Å². The summed E-state index contributed by atoms with van der Waals surface area (Å²) in [6, 6.07) is 2.98. The molecular formula is C18H19F2N3O3. The Morgan fingerprint density at radius 1 is 1.35 bits per heavy atom. The monoisotopic (exact) mass is 363 g/mol. The van der Waals surface area contributed by atoms with E-state index in [1.54, 1.807) is 12.4 Å². The first-order valence-corrected chi connectivity index (χ1v) is 8.35. The van der Waals surface area contributed by atoms with Crippen molar-refractivity contribution in [1.29, 1.82) is 0 Å². The van der Waals surface area contributed by atoms with E-state index in [9.17, 15) is 13.6 Å². The lowest BCUT2D eigenvalue weighted by Gasteiger charge is -2.31. The average Bonchev–Trinajstić information content (AvgIpc) is 2.65.